The number of aromatic nitrogens is 2. The van der Waals surface area contributed by atoms with Crippen molar-refractivity contribution >= 4 is 33.1 Å². The van der Waals surface area contributed by atoms with Crippen LogP contribution in [-0.4, -0.2) is 9.97 Å². The zero-order valence-electron chi connectivity index (χ0n) is 16.8. The van der Waals surface area contributed by atoms with E-state index in [-0.39, 0.29) is 5.41 Å². The van der Waals surface area contributed by atoms with Crippen LogP contribution in [0.1, 0.15) is 25.0 Å². The Morgan fingerprint density at radius 2 is 1.43 bits per heavy atom. The second-order valence-corrected chi connectivity index (χ2v) is 8.81. The average molecular weight is 407 g/mol. The van der Waals surface area contributed by atoms with Gasteiger partial charge < -0.3 is 0 Å². The fraction of sp³-hybridized carbons (Fsp3) is 0.111. The summed E-state index contributed by atoms with van der Waals surface area (Å²) in [5.41, 5.74) is 5.13. The molecule has 144 valence electrons. The lowest BCUT2D eigenvalue weighted by Crippen LogP contribution is -2.16. The molecule has 0 spiro atoms. The maximum atomic E-state index is 6.76. The van der Waals surface area contributed by atoms with E-state index in [9.17, 15) is 0 Å². The van der Waals surface area contributed by atoms with Gasteiger partial charge in [-0.2, -0.15) is 0 Å². The van der Waals surface area contributed by atoms with Crippen molar-refractivity contribution in [2.24, 2.45) is 0 Å². The predicted molar refractivity (Wildman–Crippen MR) is 125 cm³/mol. The Bertz CT molecular complexity index is 1480. The Labute approximate surface area is 180 Å². The molecule has 0 bridgehead atoms. The molecule has 0 amide bonds. The third-order valence-electron chi connectivity index (χ3n) is 6.35. The summed E-state index contributed by atoms with van der Waals surface area (Å²) in [6.07, 6.45) is 0. The van der Waals surface area contributed by atoms with Gasteiger partial charge >= 0.3 is 0 Å². The van der Waals surface area contributed by atoms with Gasteiger partial charge in [0.25, 0.3) is 0 Å². The minimum absolute atomic E-state index is 0.207. The highest BCUT2D eigenvalue weighted by atomic mass is 35.5. The van der Waals surface area contributed by atoms with Crippen molar-refractivity contribution in [1.29, 1.82) is 0 Å². The van der Waals surface area contributed by atoms with Gasteiger partial charge in [0, 0.05) is 22.1 Å². The summed E-state index contributed by atoms with van der Waals surface area (Å²) in [5, 5.41) is 5.40. The summed E-state index contributed by atoms with van der Waals surface area (Å²) in [6.45, 7) is 4.38. The third kappa shape index (κ3) is 2.37. The van der Waals surface area contributed by atoms with E-state index in [1.54, 1.807) is 0 Å². The highest BCUT2D eigenvalue weighted by Crippen LogP contribution is 2.50. The molecule has 0 unspecified atom stereocenters. The quantitative estimate of drug-likeness (QED) is 0.214. The predicted octanol–water partition coefficient (Wildman–Crippen LogP) is 7.41. The maximum absolute atomic E-state index is 6.76. The topological polar surface area (TPSA) is 25.8 Å². The van der Waals surface area contributed by atoms with Gasteiger partial charge in [-0.1, -0.05) is 98.2 Å². The molecule has 6 rings (SSSR count). The van der Waals surface area contributed by atoms with Gasteiger partial charge in [0.2, 0.25) is 0 Å². The Morgan fingerprint density at radius 1 is 0.733 bits per heavy atom. The van der Waals surface area contributed by atoms with Crippen molar-refractivity contribution in [2.45, 2.75) is 19.3 Å². The molecule has 4 aromatic carbocycles. The third-order valence-corrected chi connectivity index (χ3v) is 6.62. The summed E-state index contributed by atoms with van der Waals surface area (Å²) >= 11 is 6.76. The van der Waals surface area contributed by atoms with Crippen LogP contribution in [-0.2, 0) is 5.41 Å². The molecular weight excluding hydrogens is 388 g/mol. The average Bonchev–Trinajstić information content (AvgIpc) is 3.01. The molecule has 1 aliphatic rings. The second kappa shape index (κ2) is 6.13. The molecule has 0 N–H and O–H groups in total. The molecule has 0 fully saturated rings. The molecule has 0 saturated heterocycles. The van der Waals surface area contributed by atoms with Gasteiger partial charge in [0.1, 0.15) is 5.15 Å². The van der Waals surface area contributed by atoms with Crippen molar-refractivity contribution in [1.82, 2.24) is 9.97 Å². The molecule has 1 heterocycles. The van der Waals surface area contributed by atoms with E-state index in [1.165, 1.54) is 27.1 Å². The molecule has 1 aliphatic carbocycles. The van der Waals surface area contributed by atoms with Crippen LogP contribution in [0, 0.1) is 0 Å². The van der Waals surface area contributed by atoms with Crippen LogP contribution in [0.15, 0.2) is 78.9 Å². The van der Waals surface area contributed by atoms with Crippen molar-refractivity contribution in [3.63, 3.8) is 0 Å². The minimum atomic E-state index is -0.207. The normalized spacial score (nSPS) is 14.1. The Balaban J connectivity index is 1.61. The number of hydrogen-bond acceptors (Lipinski definition) is 2. The van der Waals surface area contributed by atoms with Crippen LogP contribution in [0.25, 0.3) is 44.2 Å². The summed E-state index contributed by atoms with van der Waals surface area (Å²) in [4.78, 5) is 9.75. The molecule has 0 saturated carbocycles. The number of hydrogen-bond donors (Lipinski definition) is 0. The molecule has 5 aromatic rings. The zero-order chi connectivity index (χ0) is 20.5. The van der Waals surface area contributed by atoms with E-state index in [0.717, 1.165) is 22.4 Å². The van der Waals surface area contributed by atoms with Gasteiger partial charge in [-0.05, 0) is 33.2 Å². The van der Waals surface area contributed by atoms with Crippen LogP contribution >= 0.6 is 11.6 Å². The largest absolute Gasteiger partial charge is 0.228 e. The van der Waals surface area contributed by atoms with Crippen molar-refractivity contribution in [3.8, 4) is 22.6 Å². The summed E-state index contributed by atoms with van der Waals surface area (Å²) < 4.78 is 0. The summed E-state index contributed by atoms with van der Waals surface area (Å²) in [5.74, 6) is 0.668. The van der Waals surface area contributed by atoms with E-state index < -0.39 is 0 Å². The Hall–Kier alpha value is -3.23. The van der Waals surface area contributed by atoms with Crippen LogP contribution in [0.3, 0.4) is 0 Å². The van der Waals surface area contributed by atoms with E-state index in [0.29, 0.717) is 11.0 Å². The number of halogens is 1. The molecule has 0 aliphatic heterocycles. The molecule has 2 nitrogen and oxygen atoms in total. The first-order valence-corrected chi connectivity index (χ1v) is 10.5. The second-order valence-electron chi connectivity index (χ2n) is 8.45. The summed E-state index contributed by atoms with van der Waals surface area (Å²) in [6, 6.07) is 27.6. The SMILES string of the molecule is CC1(C)c2ccccc2-c2nc(-c3ccc4ccc5ccccc5c4c3)nc(Cl)c21. The Kier molecular flexibility index (Phi) is 3.60. The van der Waals surface area contributed by atoms with Crippen LogP contribution < -0.4 is 0 Å². The molecular formula is C27H19ClN2. The standard InChI is InChI=1S/C27H19ClN2/c1-27(2)22-10-6-5-9-20(22)24-23(27)25(28)30-26(29-24)18-14-13-17-12-11-16-7-3-4-8-19(16)21(17)15-18/h3-15H,1-2H3. The lowest BCUT2D eigenvalue weighted by atomic mass is 9.83. The molecule has 30 heavy (non-hydrogen) atoms. The molecule has 0 radical (unpaired) electrons. The van der Waals surface area contributed by atoms with E-state index in [1.807, 2.05) is 0 Å². The lowest BCUT2D eigenvalue weighted by molar-refractivity contribution is 0.656. The van der Waals surface area contributed by atoms with Crippen molar-refractivity contribution < 1.29 is 0 Å². The highest BCUT2D eigenvalue weighted by molar-refractivity contribution is 6.31. The van der Waals surface area contributed by atoms with E-state index >= 15 is 0 Å². The van der Waals surface area contributed by atoms with Gasteiger partial charge in [-0.15, -0.1) is 0 Å². The minimum Gasteiger partial charge on any atom is -0.228 e. The van der Waals surface area contributed by atoms with Gasteiger partial charge in [-0.3, -0.25) is 0 Å². The Morgan fingerprint density at radius 3 is 2.30 bits per heavy atom. The lowest BCUT2D eigenvalue weighted by Gasteiger charge is -2.21. The van der Waals surface area contributed by atoms with Crippen LogP contribution in [0.4, 0.5) is 0 Å². The highest BCUT2D eigenvalue weighted by Gasteiger charge is 2.39. The fourth-order valence-electron chi connectivity index (χ4n) is 4.82. The monoisotopic (exact) mass is 406 g/mol. The first kappa shape index (κ1) is 17.6. The maximum Gasteiger partial charge on any atom is 0.161 e. The molecule has 3 heteroatoms. The van der Waals surface area contributed by atoms with Crippen LogP contribution in [0.2, 0.25) is 5.15 Å². The fourth-order valence-corrected chi connectivity index (χ4v) is 5.23. The first-order valence-electron chi connectivity index (χ1n) is 10.1. The van der Waals surface area contributed by atoms with Gasteiger partial charge in [0.05, 0.1) is 5.69 Å². The smallest absolute Gasteiger partial charge is 0.161 e. The zero-order valence-corrected chi connectivity index (χ0v) is 17.5. The van der Waals surface area contributed by atoms with Crippen molar-refractivity contribution in [2.75, 3.05) is 0 Å². The van der Waals surface area contributed by atoms with Gasteiger partial charge in [0.15, 0.2) is 5.82 Å². The number of fused-ring (bicyclic) bond motifs is 6. The van der Waals surface area contributed by atoms with Crippen LogP contribution in [0.5, 0.6) is 0 Å². The van der Waals surface area contributed by atoms with E-state index in [2.05, 4.69) is 92.7 Å². The molecule has 1 aromatic heterocycles. The molecule has 0 atom stereocenters. The van der Waals surface area contributed by atoms with Crippen molar-refractivity contribution in [3.05, 3.63) is 95.1 Å². The number of rotatable bonds is 1. The van der Waals surface area contributed by atoms with E-state index in [4.69, 9.17) is 21.6 Å². The van der Waals surface area contributed by atoms with Gasteiger partial charge in [-0.25, -0.2) is 9.97 Å². The number of nitrogens with zero attached hydrogens (tertiary/aromatic N) is 2. The number of benzene rings is 4. The summed E-state index contributed by atoms with van der Waals surface area (Å²) in [7, 11) is 0. The first-order chi connectivity index (χ1) is 14.5.